The van der Waals surface area contributed by atoms with Gasteiger partial charge < -0.3 is 4.84 Å². The lowest BCUT2D eigenvalue weighted by Crippen LogP contribution is -2.07. The number of nitrogens with zero attached hydrogens (tertiary/aromatic N) is 1. The second-order valence-electron chi connectivity index (χ2n) is 2.01. The van der Waals surface area contributed by atoms with Crippen LogP contribution in [-0.4, -0.2) is 18.1 Å². The molecule has 0 aliphatic rings. The predicted molar refractivity (Wildman–Crippen MR) is 37.1 cm³/mol. The summed E-state index contributed by atoms with van der Waals surface area (Å²) in [6.07, 6.45) is 2.48. The van der Waals surface area contributed by atoms with Gasteiger partial charge in [-0.2, -0.15) is 4.73 Å². The Kier molecular flexibility index (Phi) is 1.76. The molecule has 0 amide bonds. The molecule has 1 aromatic heterocycles. The quantitative estimate of drug-likeness (QED) is 0.564. The predicted octanol–water partition coefficient (Wildman–Crippen LogP) is 0.667. The molecule has 0 aliphatic heterocycles. The summed E-state index contributed by atoms with van der Waals surface area (Å²) in [7, 11) is 1.52. The number of hydrogen-bond acceptors (Lipinski definition) is 2. The van der Waals surface area contributed by atoms with Crippen LogP contribution in [0.25, 0.3) is 0 Å². The van der Waals surface area contributed by atoms with E-state index in [1.165, 1.54) is 11.8 Å². The first-order chi connectivity index (χ1) is 4.79. The average Bonchev–Trinajstić information content (AvgIpc) is 2.30. The Labute approximate surface area is 59.2 Å². The van der Waals surface area contributed by atoms with Crippen LogP contribution in [0.2, 0.25) is 0 Å². The number of aromatic nitrogens is 1. The number of hydrogen-bond donors (Lipinski definition) is 0. The Morgan fingerprint density at radius 2 is 2.40 bits per heavy atom. The molecule has 10 heavy (non-hydrogen) atoms. The molecule has 0 N–H and O–H groups in total. The lowest BCUT2D eigenvalue weighted by atomic mass is 10.3. The molecule has 0 unspecified atom stereocenters. The summed E-state index contributed by atoms with van der Waals surface area (Å²) in [6.45, 7) is 1.86. The summed E-state index contributed by atoms with van der Waals surface area (Å²) in [4.78, 5) is 15.2. The molecule has 0 aromatic carbocycles. The highest BCUT2D eigenvalue weighted by atomic mass is 16.6. The van der Waals surface area contributed by atoms with Crippen LogP contribution >= 0.6 is 0 Å². The Balaban J connectivity index is 3.12. The molecule has 0 aliphatic carbocycles. The minimum absolute atomic E-state index is 0.572. The third-order valence-electron chi connectivity index (χ3n) is 1.41. The molecule has 0 spiro atoms. The van der Waals surface area contributed by atoms with Crippen LogP contribution in [0.5, 0.6) is 0 Å². The van der Waals surface area contributed by atoms with Crippen LogP contribution in [-0.2, 0) is 0 Å². The zero-order valence-corrected chi connectivity index (χ0v) is 6.00. The molecule has 0 bridgehead atoms. The van der Waals surface area contributed by atoms with Crippen molar-refractivity contribution in [2.24, 2.45) is 0 Å². The molecule has 54 valence electrons. The first-order valence-electron chi connectivity index (χ1n) is 2.97. The highest BCUT2D eigenvalue weighted by Gasteiger charge is 2.02. The van der Waals surface area contributed by atoms with E-state index in [2.05, 4.69) is 0 Å². The maximum atomic E-state index is 10.4. The first kappa shape index (κ1) is 6.86. The standard InChI is InChI=1S/C7H9NO2/c1-6-3-4-8(10-2)7(6)5-9/h3-5H,1-2H3. The van der Waals surface area contributed by atoms with Crippen molar-refractivity contribution in [2.75, 3.05) is 7.11 Å². The molecule has 3 heteroatoms. The highest BCUT2D eigenvalue weighted by Crippen LogP contribution is 2.04. The van der Waals surface area contributed by atoms with Crippen molar-refractivity contribution in [3.8, 4) is 0 Å². The van der Waals surface area contributed by atoms with Gasteiger partial charge in [0.2, 0.25) is 0 Å². The van der Waals surface area contributed by atoms with Gasteiger partial charge in [0.1, 0.15) is 12.8 Å². The van der Waals surface area contributed by atoms with Gasteiger partial charge in [-0.05, 0) is 18.6 Å². The van der Waals surface area contributed by atoms with Crippen molar-refractivity contribution in [2.45, 2.75) is 6.92 Å². The van der Waals surface area contributed by atoms with Gasteiger partial charge in [0, 0.05) is 6.20 Å². The fourth-order valence-electron chi connectivity index (χ4n) is 0.823. The third-order valence-corrected chi connectivity index (χ3v) is 1.41. The van der Waals surface area contributed by atoms with Crippen molar-refractivity contribution in [3.63, 3.8) is 0 Å². The van der Waals surface area contributed by atoms with Gasteiger partial charge in [-0.25, -0.2) is 0 Å². The first-order valence-corrected chi connectivity index (χ1v) is 2.97. The fraction of sp³-hybridized carbons (Fsp3) is 0.286. The maximum absolute atomic E-state index is 10.4. The summed E-state index contributed by atoms with van der Waals surface area (Å²) in [6, 6.07) is 1.83. The summed E-state index contributed by atoms with van der Waals surface area (Å²) in [5.74, 6) is 0. The van der Waals surface area contributed by atoms with E-state index in [1.54, 1.807) is 6.20 Å². The number of rotatable bonds is 2. The minimum atomic E-state index is 0.572. The van der Waals surface area contributed by atoms with E-state index in [9.17, 15) is 4.79 Å². The molecule has 0 atom stereocenters. The van der Waals surface area contributed by atoms with E-state index in [-0.39, 0.29) is 0 Å². The van der Waals surface area contributed by atoms with Crippen molar-refractivity contribution < 1.29 is 9.63 Å². The highest BCUT2D eigenvalue weighted by molar-refractivity contribution is 5.74. The lowest BCUT2D eigenvalue weighted by Gasteiger charge is -2.00. The molecule has 1 rings (SSSR count). The smallest absolute Gasteiger partial charge is 0.170 e. The number of aldehydes is 1. The minimum Gasteiger partial charge on any atom is -0.417 e. The van der Waals surface area contributed by atoms with E-state index in [0.29, 0.717) is 5.69 Å². The molecule has 0 fully saturated rings. The average molecular weight is 139 g/mol. The molecular formula is C7H9NO2. The molecule has 0 saturated heterocycles. The van der Waals surface area contributed by atoms with Gasteiger partial charge in [0.15, 0.2) is 6.29 Å². The summed E-state index contributed by atoms with van der Waals surface area (Å²) >= 11 is 0. The van der Waals surface area contributed by atoms with Crippen molar-refractivity contribution in [1.29, 1.82) is 0 Å². The van der Waals surface area contributed by atoms with Crippen molar-refractivity contribution in [3.05, 3.63) is 23.5 Å². The Morgan fingerprint density at radius 1 is 1.70 bits per heavy atom. The maximum Gasteiger partial charge on any atom is 0.170 e. The zero-order valence-electron chi connectivity index (χ0n) is 6.00. The van der Waals surface area contributed by atoms with E-state index < -0.39 is 0 Å². The van der Waals surface area contributed by atoms with Gasteiger partial charge in [-0.3, -0.25) is 4.79 Å². The largest absolute Gasteiger partial charge is 0.417 e. The Hall–Kier alpha value is -1.25. The second kappa shape index (κ2) is 2.56. The van der Waals surface area contributed by atoms with E-state index in [0.717, 1.165) is 11.8 Å². The molecular weight excluding hydrogens is 130 g/mol. The van der Waals surface area contributed by atoms with E-state index in [4.69, 9.17) is 4.84 Å². The van der Waals surface area contributed by atoms with Crippen LogP contribution in [0.1, 0.15) is 16.1 Å². The molecule has 1 aromatic rings. The van der Waals surface area contributed by atoms with Crippen LogP contribution in [0.3, 0.4) is 0 Å². The molecule has 3 nitrogen and oxygen atoms in total. The van der Waals surface area contributed by atoms with E-state index >= 15 is 0 Å². The molecule has 0 saturated carbocycles. The van der Waals surface area contributed by atoms with Crippen LogP contribution in [0.15, 0.2) is 12.3 Å². The van der Waals surface area contributed by atoms with Crippen molar-refractivity contribution in [1.82, 2.24) is 4.73 Å². The molecule has 0 radical (unpaired) electrons. The van der Waals surface area contributed by atoms with Gasteiger partial charge in [-0.1, -0.05) is 0 Å². The fourth-order valence-corrected chi connectivity index (χ4v) is 0.823. The van der Waals surface area contributed by atoms with Crippen LogP contribution < -0.4 is 4.84 Å². The summed E-state index contributed by atoms with van der Waals surface area (Å²) in [5, 5.41) is 0. The Bertz CT molecular complexity index is 240. The van der Waals surface area contributed by atoms with E-state index in [1.807, 2.05) is 13.0 Å². The SMILES string of the molecule is COn1ccc(C)c1C=O. The number of carbonyl (C=O) groups is 1. The Morgan fingerprint density at radius 3 is 2.80 bits per heavy atom. The van der Waals surface area contributed by atoms with Gasteiger partial charge in [0.05, 0.1) is 0 Å². The van der Waals surface area contributed by atoms with Gasteiger partial charge in [-0.15, -0.1) is 0 Å². The number of carbonyl (C=O) groups excluding carboxylic acids is 1. The number of aryl methyl sites for hydroxylation is 1. The topological polar surface area (TPSA) is 31.2 Å². The second-order valence-corrected chi connectivity index (χ2v) is 2.01. The monoisotopic (exact) mass is 139 g/mol. The summed E-state index contributed by atoms with van der Waals surface area (Å²) < 4.78 is 1.43. The van der Waals surface area contributed by atoms with Crippen molar-refractivity contribution >= 4 is 6.29 Å². The van der Waals surface area contributed by atoms with Gasteiger partial charge >= 0.3 is 0 Å². The molecule has 1 heterocycles. The normalized spacial score (nSPS) is 9.40. The zero-order chi connectivity index (χ0) is 7.56. The van der Waals surface area contributed by atoms with Gasteiger partial charge in [0.25, 0.3) is 0 Å². The van der Waals surface area contributed by atoms with Crippen LogP contribution in [0.4, 0.5) is 0 Å². The lowest BCUT2D eigenvalue weighted by molar-refractivity contribution is 0.106. The van der Waals surface area contributed by atoms with Crippen LogP contribution in [0, 0.1) is 6.92 Å². The summed E-state index contributed by atoms with van der Waals surface area (Å²) in [5.41, 5.74) is 1.50. The third kappa shape index (κ3) is 0.900.